The number of nitrogens with one attached hydrogen (secondary N) is 1. The maximum atomic E-state index is 12.8. The molecule has 1 aliphatic heterocycles. The normalized spacial score (nSPS) is 23.7. The van der Waals surface area contributed by atoms with Crippen LogP contribution in [0.25, 0.3) is 27.3 Å². The van der Waals surface area contributed by atoms with Crippen LogP contribution >= 0.6 is 11.3 Å². The number of hydrogen-bond donors (Lipinski definition) is 4. The Morgan fingerprint density at radius 3 is 2.45 bits per heavy atom. The van der Waals surface area contributed by atoms with Gasteiger partial charge in [0.1, 0.15) is 29.9 Å². The second-order valence-electron chi connectivity index (χ2n) is 9.24. The molecule has 4 N–H and O–H groups in total. The molecule has 1 aromatic heterocycles. The largest absolute Gasteiger partial charge is 0.388 e. The Labute approximate surface area is 226 Å². The smallest absolute Gasteiger partial charge is 0.262 e. The molecule has 0 aliphatic carbocycles. The lowest BCUT2D eigenvalue weighted by Crippen LogP contribution is -2.63. The first-order chi connectivity index (χ1) is 18.3. The van der Waals surface area contributed by atoms with Gasteiger partial charge in [0.2, 0.25) is 0 Å². The standard InChI is InChI=1S/C29H33N3O5S/c1-4-23-26(33)27(34)25(29(36)37-23)31-28(35)20(16-30)15-22-11-12-24(38-22)19-8-7-18-14-21(32(5-2)6-3)10-9-17(18)13-19/h7-15,23,25-27,29,33-34,36H,4-6H2,1-3H3,(H,31,35)/b20-15+/t23-,25-,26-,27-,29?/m1/s1. The first-order valence-corrected chi connectivity index (χ1v) is 13.6. The predicted octanol–water partition coefficient (Wildman–Crippen LogP) is 3.66. The molecule has 4 rings (SSSR count). The fourth-order valence-electron chi connectivity index (χ4n) is 4.72. The van der Waals surface area contributed by atoms with Gasteiger partial charge in [0.05, 0.1) is 6.10 Å². The summed E-state index contributed by atoms with van der Waals surface area (Å²) in [6.45, 7) is 7.93. The fraction of sp³-hybridized carbons (Fsp3) is 0.379. The molecule has 0 bridgehead atoms. The number of ether oxygens (including phenoxy) is 1. The van der Waals surface area contributed by atoms with Gasteiger partial charge in [-0.05, 0) is 73.0 Å². The van der Waals surface area contributed by atoms with E-state index in [1.54, 1.807) is 6.92 Å². The maximum absolute atomic E-state index is 12.8. The highest BCUT2D eigenvalue weighted by Crippen LogP contribution is 2.33. The molecule has 5 atom stereocenters. The Kier molecular flexibility index (Phi) is 8.82. The number of carbonyl (C=O) groups is 1. The lowest BCUT2D eigenvalue weighted by atomic mass is 9.95. The molecular formula is C29H33N3O5S. The van der Waals surface area contributed by atoms with E-state index in [1.165, 1.54) is 23.1 Å². The topological polar surface area (TPSA) is 126 Å². The molecular weight excluding hydrogens is 502 g/mol. The molecule has 9 heteroatoms. The number of anilines is 1. The third-order valence-corrected chi connectivity index (χ3v) is 8.02. The van der Waals surface area contributed by atoms with Gasteiger partial charge >= 0.3 is 0 Å². The van der Waals surface area contributed by atoms with E-state index in [-0.39, 0.29) is 5.57 Å². The second-order valence-corrected chi connectivity index (χ2v) is 10.4. The van der Waals surface area contributed by atoms with Crippen molar-refractivity contribution in [1.29, 1.82) is 5.26 Å². The molecule has 1 unspecified atom stereocenters. The first kappa shape index (κ1) is 27.8. The van der Waals surface area contributed by atoms with Crippen LogP contribution in [-0.2, 0) is 9.53 Å². The number of nitriles is 1. The van der Waals surface area contributed by atoms with E-state index in [1.807, 2.05) is 18.2 Å². The van der Waals surface area contributed by atoms with Crippen LogP contribution in [-0.4, -0.2) is 65.0 Å². The molecule has 2 aromatic carbocycles. The Morgan fingerprint density at radius 1 is 1.05 bits per heavy atom. The van der Waals surface area contributed by atoms with Crippen molar-refractivity contribution in [3.63, 3.8) is 0 Å². The Balaban J connectivity index is 1.51. The summed E-state index contributed by atoms with van der Waals surface area (Å²) in [4.78, 5) is 16.8. The van der Waals surface area contributed by atoms with Gasteiger partial charge in [0.15, 0.2) is 6.29 Å². The minimum atomic E-state index is -1.51. The summed E-state index contributed by atoms with van der Waals surface area (Å²) in [5, 5.41) is 45.1. The summed E-state index contributed by atoms with van der Waals surface area (Å²) < 4.78 is 5.30. The number of benzene rings is 2. The lowest BCUT2D eigenvalue weighted by molar-refractivity contribution is -0.247. The van der Waals surface area contributed by atoms with E-state index < -0.39 is 36.6 Å². The quantitative estimate of drug-likeness (QED) is 0.256. The molecule has 1 aliphatic rings. The van der Waals surface area contributed by atoms with Gasteiger partial charge in [0.25, 0.3) is 5.91 Å². The van der Waals surface area contributed by atoms with Gasteiger partial charge in [-0.1, -0.05) is 25.1 Å². The molecule has 0 radical (unpaired) electrons. The van der Waals surface area contributed by atoms with E-state index in [0.29, 0.717) is 11.3 Å². The third-order valence-electron chi connectivity index (χ3n) is 6.94. The number of rotatable bonds is 8. The van der Waals surface area contributed by atoms with E-state index >= 15 is 0 Å². The van der Waals surface area contributed by atoms with E-state index in [2.05, 4.69) is 60.5 Å². The number of aliphatic hydroxyl groups excluding tert-OH is 3. The van der Waals surface area contributed by atoms with Crippen LogP contribution in [0.15, 0.2) is 54.1 Å². The summed E-state index contributed by atoms with van der Waals surface area (Å²) in [6, 6.07) is 17.1. The van der Waals surface area contributed by atoms with Crippen LogP contribution in [0.2, 0.25) is 0 Å². The lowest BCUT2D eigenvalue weighted by Gasteiger charge is -2.40. The molecule has 0 saturated carbocycles. The van der Waals surface area contributed by atoms with Gasteiger partial charge in [0, 0.05) is 28.5 Å². The van der Waals surface area contributed by atoms with E-state index in [0.717, 1.165) is 34.3 Å². The summed E-state index contributed by atoms with van der Waals surface area (Å²) >= 11 is 1.44. The zero-order valence-corrected chi connectivity index (χ0v) is 22.5. The van der Waals surface area contributed by atoms with Gasteiger partial charge in [-0.15, -0.1) is 11.3 Å². The zero-order valence-electron chi connectivity index (χ0n) is 21.7. The second kappa shape index (κ2) is 12.1. The van der Waals surface area contributed by atoms with Crippen LogP contribution in [0.3, 0.4) is 0 Å². The Bertz CT molecular complexity index is 1360. The van der Waals surface area contributed by atoms with Crippen LogP contribution in [0.5, 0.6) is 0 Å². The molecule has 200 valence electrons. The molecule has 1 amide bonds. The molecule has 38 heavy (non-hydrogen) atoms. The summed E-state index contributed by atoms with van der Waals surface area (Å²) in [5.41, 5.74) is 2.04. The van der Waals surface area contributed by atoms with Crippen molar-refractivity contribution in [3.8, 4) is 16.5 Å². The zero-order chi connectivity index (χ0) is 27.4. The number of aliphatic hydroxyl groups is 3. The predicted molar refractivity (Wildman–Crippen MR) is 150 cm³/mol. The van der Waals surface area contributed by atoms with Crippen LogP contribution in [0, 0.1) is 11.3 Å². The van der Waals surface area contributed by atoms with Crippen molar-refractivity contribution in [1.82, 2.24) is 5.32 Å². The SMILES string of the molecule is CC[C@H]1OC(O)[C@H](NC(=O)/C(C#N)=C/c2ccc(-c3ccc4cc(N(CC)CC)ccc4c3)s2)[C@@H](O)[C@@H]1O. The summed E-state index contributed by atoms with van der Waals surface area (Å²) in [7, 11) is 0. The summed E-state index contributed by atoms with van der Waals surface area (Å²) in [6.07, 6.45) is -3.11. The van der Waals surface area contributed by atoms with Crippen LogP contribution in [0.1, 0.15) is 32.1 Å². The maximum Gasteiger partial charge on any atom is 0.262 e. The van der Waals surface area contributed by atoms with Gasteiger partial charge in [-0.3, -0.25) is 4.79 Å². The van der Waals surface area contributed by atoms with Crippen LogP contribution in [0.4, 0.5) is 5.69 Å². The van der Waals surface area contributed by atoms with Gasteiger partial charge < -0.3 is 30.3 Å². The first-order valence-electron chi connectivity index (χ1n) is 12.8. The van der Waals surface area contributed by atoms with Crippen molar-refractivity contribution in [2.75, 3.05) is 18.0 Å². The highest BCUT2D eigenvalue weighted by atomic mass is 32.1. The average Bonchev–Trinajstić information content (AvgIpc) is 3.40. The highest BCUT2D eigenvalue weighted by Gasteiger charge is 2.44. The van der Waals surface area contributed by atoms with Crippen LogP contribution < -0.4 is 10.2 Å². The molecule has 2 heterocycles. The minimum Gasteiger partial charge on any atom is -0.388 e. The number of fused-ring (bicyclic) bond motifs is 1. The number of hydrogen-bond acceptors (Lipinski definition) is 8. The van der Waals surface area contributed by atoms with Crippen molar-refractivity contribution < 1.29 is 24.9 Å². The van der Waals surface area contributed by atoms with Crippen molar-refractivity contribution in [2.45, 2.75) is 57.8 Å². The number of amides is 1. The van der Waals surface area contributed by atoms with E-state index in [9.17, 15) is 25.4 Å². The third kappa shape index (κ3) is 5.75. The number of carbonyl (C=O) groups excluding carboxylic acids is 1. The van der Waals surface area contributed by atoms with Crippen molar-refractivity contribution in [2.24, 2.45) is 0 Å². The number of thiophene rings is 1. The Hall–Kier alpha value is -3.26. The van der Waals surface area contributed by atoms with Gasteiger partial charge in [-0.25, -0.2) is 0 Å². The highest BCUT2D eigenvalue weighted by molar-refractivity contribution is 7.16. The number of nitrogens with zero attached hydrogens (tertiary/aromatic N) is 2. The summed E-state index contributed by atoms with van der Waals surface area (Å²) in [5.74, 6) is -0.772. The molecule has 1 saturated heterocycles. The molecule has 1 fully saturated rings. The van der Waals surface area contributed by atoms with Crippen molar-refractivity contribution in [3.05, 3.63) is 59.0 Å². The molecule has 8 nitrogen and oxygen atoms in total. The monoisotopic (exact) mass is 535 g/mol. The molecule has 3 aromatic rings. The van der Waals surface area contributed by atoms with Crippen molar-refractivity contribution >= 4 is 39.8 Å². The minimum absolute atomic E-state index is 0.188. The molecule has 0 spiro atoms. The Morgan fingerprint density at radius 2 is 1.76 bits per heavy atom. The van der Waals surface area contributed by atoms with E-state index in [4.69, 9.17) is 4.74 Å². The average molecular weight is 536 g/mol. The fourth-order valence-corrected chi connectivity index (χ4v) is 5.66. The van der Waals surface area contributed by atoms with Gasteiger partial charge in [-0.2, -0.15) is 5.26 Å².